The van der Waals surface area contributed by atoms with Crippen LogP contribution in [0.1, 0.15) is 35.2 Å². The van der Waals surface area contributed by atoms with E-state index in [1.165, 1.54) is 32.9 Å². The average Bonchev–Trinajstić information content (AvgIpc) is 2.73. The van der Waals surface area contributed by atoms with Crippen molar-refractivity contribution in [2.24, 2.45) is 0 Å². The summed E-state index contributed by atoms with van der Waals surface area (Å²) in [5.74, 6) is 0. The first-order valence-corrected chi connectivity index (χ1v) is 8.01. The van der Waals surface area contributed by atoms with E-state index in [-0.39, 0.29) is 0 Å². The van der Waals surface area contributed by atoms with Crippen LogP contribution in [0, 0.1) is 0 Å². The Hall–Kier alpha value is -1.97. The Morgan fingerprint density at radius 3 is 2.45 bits per heavy atom. The Kier molecular flexibility index (Phi) is 3.53. The normalized spacial score (nSPS) is 18.6. The Labute approximate surface area is 130 Å². The van der Waals surface area contributed by atoms with Gasteiger partial charge in [0.05, 0.1) is 5.69 Å². The number of piperidine rings is 1. The lowest BCUT2D eigenvalue weighted by atomic mass is 9.89. The van der Waals surface area contributed by atoms with Crippen LogP contribution in [0.5, 0.6) is 0 Å². The van der Waals surface area contributed by atoms with Crippen LogP contribution >= 0.6 is 0 Å². The number of hydrogen-bond acceptors (Lipinski definition) is 3. The van der Waals surface area contributed by atoms with E-state index in [9.17, 15) is 5.21 Å². The average molecular weight is 292 g/mol. The highest BCUT2D eigenvalue weighted by molar-refractivity contribution is 5.84. The van der Waals surface area contributed by atoms with E-state index in [2.05, 4.69) is 30.3 Å². The maximum Gasteiger partial charge on any atom is 0.0739 e. The van der Waals surface area contributed by atoms with Gasteiger partial charge < -0.3 is 5.21 Å². The van der Waals surface area contributed by atoms with Crippen molar-refractivity contribution in [2.75, 3.05) is 13.1 Å². The molecule has 0 atom stereocenters. The molecule has 22 heavy (non-hydrogen) atoms. The summed E-state index contributed by atoms with van der Waals surface area (Å²) in [7, 11) is 0. The number of hydroxylamine groups is 2. The molecule has 4 rings (SSSR count). The van der Waals surface area contributed by atoms with Gasteiger partial charge in [-0.25, -0.2) is 0 Å². The number of aryl methyl sites for hydroxylation is 2. The molecular weight excluding hydrogens is 272 g/mol. The zero-order valence-corrected chi connectivity index (χ0v) is 12.6. The van der Waals surface area contributed by atoms with Crippen LogP contribution in [0.3, 0.4) is 0 Å². The molecule has 0 saturated carbocycles. The minimum atomic E-state index is 0.711. The fourth-order valence-corrected chi connectivity index (χ4v) is 3.62. The molecule has 2 aromatic rings. The third kappa shape index (κ3) is 2.36. The van der Waals surface area contributed by atoms with Crippen molar-refractivity contribution in [2.45, 2.75) is 25.7 Å². The molecule has 3 heteroatoms. The van der Waals surface area contributed by atoms with Crippen LogP contribution in [-0.2, 0) is 12.8 Å². The summed E-state index contributed by atoms with van der Waals surface area (Å²) in [6.07, 6.45) is 5.84. The molecule has 2 aliphatic rings. The largest absolute Gasteiger partial charge is 0.314 e. The van der Waals surface area contributed by atoms with Crippen molar-refractivity contribution in [3.05, 3.63) is 70.6 Å². The summed E-state index contributed by atoms with van der Waals surface area (Å²) in [6, 6.07) is 13.0. The predicted molar refractivity (Wildman–Crippen MR) is 86.7 cm³/mol. The van der Waals surface area contributed by atoms with Crippen molar-refractivity contribution in [1.29, 1.82) is 0 Å². The first kappa shape index (κ1) is 13.7. The molecule has 1 aliphatic heterocycles. The Morgan fingerprint density at radius 1 is 0.864 bits per heavy atom. The van der Waals surface area contributed by atoms with Gasteiger partial charge in [-0.15, -0.1) is 0 Å². The maximum atomic E-state index is 9.67. The van der Waals surface area contributed by atoms with Gasteiger partial charge in [-0.1, -0.05) is 35.9 Å². The lowest BCUT2D eigenvalue weighted by Crippen LogP contribution is -2.27. The molecule has 0 spiro atoms. The molecule has 0 radical (unpaired) electrons. The van der Waals surface area contributed by atoms with Gasteiger partial charge in [0.2, 0.25) is 0 Å². The second-order valence-corrected chi connectivity index (χ2v) is 6.10. The number of pyridine rings is 1. The number of nitrogens with zero attached hydrogens (tertiary/aromatic N) is 2. The fourth-order valence-electron chi connectivity index (χ4n) is 3.62. The lowest BCUT2D eigenvalue weighted by Gasteiger charge is -2.25. The van der Waals surface area contributed by atoms with Crippen LogP contribution in [0.25, 0.3) is 5.57 Å². The molecule has 112 valence electrons. The van der Waals surface area contributed by atoms with Gasteiger partial charge in [0.1, 0.15) is 0 Å². The summed E-state index contributed by atoms with van der Waals surface area (Å²) < 4.78 is 0. The number of fused-ring (bicyclic) bond motifs is 2. The lowest BCUT2D eigenvalue weighted by molar-refractivity contribution is -0.0958. The molecule has 0 unspecified atom stereocenters. The summed E-state index contributed by atoms with van der Waals surface area (Å²) in [5, 5.41) is 11.1. The van der Waals surface area contributed by atoms with Crippen LogP contribution in [0.2, 0.25) is 0 Å². The first-order chi connectivity index (χ1) is 10.8. The Balaban J connectivity index is 1.93. The Morgan fingerprint density at radius 2 is 1.59 bits per heavy atom. The van der Waals surface area contributed by atoms with Crippen molar-refractivity contribution < 1.29 is 5.21 Å². The van der Waals surface area contributed by atoms with Crippen LogP contribution in [0.4, 0.5) is 0 Å². The summed E-state index contributed by atoms with van der Waals surface area (Å²) >= 11 is 0. The van der Waals surface area contributed by atoms with E-state index in [0.29, 0.717) is 13.1 Å². The van der Waals surface area contributed by atoms with Crippen molar-refractivity contribution in [1.82, 2.24) is 10.0 Å². The van der Waals surface area contributed by atoms with Gasteiger partial charge in [-0.05, 0) is 48.4 Å². The van der Waals surface area contributed by atoms with Gasteiger partial charge >= 0.3 is 0 Å². The molecule has 1 aliphatic carbocycles. The monoisotopic (exact) mass is 292 g/mol. The SMILES string of the molecule is ON1CCC(=C2c3ccccc3CCc3cccnc32)CC1. The van der Waals surface area contributed by atoms with Gasteiger partial charge in [0, 0.05) is 24.9 Å². The number of rotatable bonds is 0. The van der Waals surface area contributed by atoms with E-state index >= 15 is 0 Å². The number of aromatic nitrogens is 1. The maximum absolute atomic E-state index is 9.67. The van der Waals surface area contributed by atoms with Gasteiger partial charge in [-0.3, -0.25) is 4.98 Å². The van der Waals surface area contributed by atoms with Gasteiger partial charge in [-0.2, -0.15) is 5.06 Å². The van der Waals surface area contributed by atoms with Gasteiger partial charge in [0.25, 0.3) is 0 Å². The summed E-state index contributed by atoms with van der Waals surface area (Å²) in [4.78, 5) is 4.72. The van der Waals surface area contributed by atoms with E-state index in [1.54, 1.807) is 0 Å². The van der Waals surface area contributed by atoms with Crippen LogP contribution in [0.15, 0.2) is 48.2 Å². The van der Waals surface area contributed by atoms with Crippen molar-refractivity contribution in [3.8, 4) is 0 Å². The smallest absolute Gasteiger partial charge is 0.0739 e. The van der Waals surface area contributed by atoms with E-state index < -0.39 is 0 Å². The molecule has 3 nitrogen and oxygen atoms in total. The minimum absolute atomic E-state index is 0.711. The zero-order chi connectivity index (χ0) is 14.9. The van der Waals surface area contributed by atoms with E-state index in [1.807, 2.05) is 12.3 Å². The fraction of sp³-hybridized carbons (Fsp3) is 0.316. The van der Waals surface area contributed by atoms with Crippen LogP contribution in [-0.4, -0.2) is 28.3 Å². The quantitative estimate of drug-likeness (QED) is 0.807. The number of benzene rings is 1. The van der Waals surface area contributed by atoms with Crippen molar-refractivity contribution in [3.63, 3.8) is 0 Å². The molecular formula is C19H20N2O. The summed E-state index contributed by atoms with van der Waals surface area (Å²) in [6.45, 7) is 1.42. The minimum Gasteiger partial charge on any atom is -0.314 e. The highest BCUT2D eigenvalue weighted by atomic mass is 16.5. The Bertz CT molecular complexity index is 676. The first-order valence-electron chi connectivity index (χ1n) is 8.01. The molecule has 1 fully saturated rings. The second-order valence-electron chi connectivity index (χ2n) is 6.10. The molecule has 1 saturated heterocycles. The highest BCUT2D eigenvalue weighted by Crippen LogP contribution is 2.37. The molecule has 1 N–H and O–H groups in total. The third-order valence-corrected chi connectivity index (χ3v) is 4.78. The standard InChI is InChI=1S/C19H20N2O/c22-21-12-9-15(10-13-21)18-17-6-2-1-4-14(17)7-8-16-5-3-11-20-19(16)18/h1-6,11,22H,7-10,12-13H2. The second kappa shape index (κ2) is 5.67. The van der Waals surface area contributed by atoms with Crippen LogP contribution < -0.4 is 0 Å². The van der Waals surface area contributed by atoms with E-state index in [0.717, 1.165) is 31.4 Å². The highest BCUT2D eigenvalue weighted by Gasteiger charge is 2.24. The number of hydrogen-bond donors (Lipinski definition) is 1. The summed E-state index contributed by atoms with van der Waals surface area (Å²) in [5.41, 5.74) is 7.98. The van der Waals surface area contributed by atoms with Crippen molar-refractivity contribution >= 4 is 5.57 Å². The molecule has 1 aromatic heterocycles. The predicted octanol–water partition coefficient (Wildman–Crippen LogP) is 3.47. The third-order valence-electron chi connectivity index (χ3n) is 4.78. The molecule has 2 heterocycles. The molecule has 0 bridgehead atoms. The molecule has 1 aromatic carbocycles. The molecule has 0 amide bonds. The zero-order valence-electron chi connectivity index (χ0n) is 12.6. The topological polar surface area (TPSA) is 36.4 Å². The van der Waals surface area contributed by atoms with Gasteiger partial charge in [0.15, 0.2) is 0 Å². The van der Waals surface area contributed by atoms with E-state index in [4.69, 9.17) is 4.98 Å².